The van der Waals surface area contributed by atoms with Crippen LogP contribution in [0.15, 0.2) is 18.3 Å². The summed E-state index contributed by atoms with van der Waals surface area (Å²) in [5.74, 6) is 0.485. The molecule has 1 aromatic heterocycles. The normalized spacial score (nSPS) is 10.5. The van der Waals surface area contributed by atoms with Crippen LogP contribution in [0.25, 0.3) is 0 Å². The fourth-order valence-electron chi connectivity index (χ4n) is 0.742. The van der Waals surface area contributed by atoms with Gasteiger partial charge in [-0.3, -0.25) is 4.98 Å². The van der Waals surface area contributed by atoms with Gasteiger partial charge in [-0.2, -0.15) is 0 Å². The van der Waals surface area contributed by atoms with Gasteiger partial charge in [0, 0.05) is 0 Å². The van der Waals surface area contributed by atoms with Crippen molar-refractivity contribution >= 4 is 12.3 Å². The van der Waals surface area contributed by atoms with E-state index in [2.05, 4.69) is 4.98 Å². The first-order chi connectivity index (χ1) is 5.54. The molecule has 1 rings (SSSR count). The molecule has 0 fully saturated rings. The summed E-state index contributed by atoms with van der Waals surface area (Å²) in [7, 11) is 1.46. The molecule has 0 aliphatic carbocycles. The summed E-state index contributed by atoms with van der Waals surface area (Å²) in [6.45, 7) is -3.49. The molecule has 0 amide bonds. The molecule has 5 nitrogen and oxygen atoms in total. The molecule has 0 unspecified atom stereocenters. The molecule has 0 aliphatic heterocycles. The number of rotatable bonds is 2. The van der Waals surface area contributed by atoms with Crippen molar-refractivity contribution in [2.24, 2.45) is 0 Å². The zero-order chi connectivity index (χ0) is 9.19. The second kappa shape index (κ2) is 4.65. The van der Waals surface area contributed by atoms with Crippen LogP contribution in [-0.2, 0) is 0 Å². The molecule has 0 spiro atoms. The Kier molecular flexibility index (Phi) is 4.47. The molecule has 0 saturated carbocycles. The summed E-state index contributed by atoms with van der Waals surface area (Å²) in [4.78, 5) is 3.57. The van der Waals surface area contributed by atoms with Gasteiger partial charge in [0.2, 0.25) is 0 Å². The topological polar surface area (TPSA) is 82.8 Å². The van der Waals surface area contributed by atoms with Gasteiger partial charge in [-0.05, 0) is 11.7 Å². The fourth-order valence-corrected chi connectivity index (χ4v) is 0.742. The number of hydrogen-bond acceptors (Lipinski definition) is 5. The SMILES string of the molecule is COc1ccc([B-](O)(O)O)nc1.[Li+]. The number of methoxy groups -OCH3 is 1. The fraction of sp³-hybridized carbons (Fsp3) is 0.167. The van der Waals surface area contributed by atoms with E-state index in [-0.39, 0.29) is 24.5 Å². The summed E-state index contributed by atoms with van der Waals surface area (Å²) >= 11 is 0. The van der Waals surface area contributed by atoms with Gasteiger partial charge in [0.25, 0.3) is 0 Å². The van der Waals surface area contributed by atoms with Crippen LogP contribution < -0.4 is 29.2 Å². The molecule has 66 valence electrons. The summed E-state index contributed by atoms with van der Waals surface area (Å²) in [5.41, 5.74) is -0.184. The van der Waals surface area contributed by atoms with E-state index in [0.29, 0.717) is 5.75 Å². The summed E-state index contributed by atoms with van der Waals surface area (Å²) in [6.07, 6.45) is 1.29. The standard InChI is InChI=1S/C6H9BNO4.Li/c1-12-5-2-3-6(8-4-5)7(9,10)11;/h2-4,9-11H,1H3;/q-1;+1. The molecule has 0 aliphatic rings. The molecular weight excluding hydrogens is 168 g/mol. The monoisotopic (exact) mass is 177 g/mol. The molecule has 0 bridgehead atoms. The summed E-state index contributed by atoms with van der Waals surface area (Å²) < 4.78 is 4.78. The third-order valence-corrected chi connectivity index (χ3v) is 1.39. The van der Waals surface area contributed by atoms with Crippen LogP contribution in [0.2, 0.25) is 0 Å². The summed E-state index contributed by atoms with van der Waals surface area (Å²) in [6, 6.07) is 2.75. The molecule has 0 atom stereocenters. The largest absolute Gasteiger partial charge is 1.00 e. The maximum Gasteiger partial charge on any atom is 1.00 e. The molecule has 3 N–H and O–H groups in total. The third kappa shape index (κ3) is 3.38. The predicted octanol–water partition coefficient (Wildman–Crippen LogP) is -4.78. The molecule has 13 heavy (non-hydrogen) atoms. The Balaban J connectivity index is 0.00000144. The minimum absolute atomic E-state index is 0. The Labute approximate surface area is 87.6 Å². The van der Waals surface area contributed by atoms with Crippen LogP contribution in [0.4, 0.5) is 0 Å². The minimum Gasteiger partial charge on any atom is -0.555 e. The predicted molar refractivity (Wildman–Crippen MR) is 42.8 cm³/mol. The van der Waals surface area contributed by atoms with Crippen molar-refractivity contribution < 1.29 is 38.7 Å². The van der Waals surface area contributed by atoms with E-state index >= 15 is 0 Å². The Hall–Kier alpha value is -0.508. The van der Waals surface area contributed by atoms with Gasteiger partial charge in [-0.25, -0.2) is 0 Å². The molecule has 7 heteroatoms. The van der Waals surface area contributed by atoms with Gasteiger partial charge in [0.1, 0.15) is 5.75 Å². The molecular formula is C6H9BLiNO4. The molecule has 0 radical (unpaired) electrons. The van der Waals surface area contributed by atoms with Gasteiger partial charge in [-0.15, -0.1) is 0 Å². The number of nitrogens with zero attached hydrogens (tertiary/aromatic N) is 1. The zero-order valence-electron chi connectivity index (χ0n) is 7.51. The average Bonchev–Trinajstić information content (AvgIpc) is 2.03. The van der Waals surface area contributed by atoms with Gasteiger partial charge >= 0.3 is 25.6 Å². The van der Waals surface area contributed by atoms with Crippen LogP contribution in [0, 0.1) is 0 Å². The molecule has 0 aromatic carbocycles. The second-order valence-electron chi connectivity index (χ2n) is 2.36. The van der Waals surface area contributed by atoms with E-state index in [9.17, 15) is 0 Å². The van der Waals surface area contributed by atoms with Crippen LogP contribution in [0.1, 0.15) is 0 Å². The first kappa shape index (κ1) is 12.5. The van der Waals surface area contributed by atoms with Crippen LogP contribution in [0.5, 0.6) is 5.75 Å². The van der Waals surface area contributed by atoms with Gasteiger partial charge in [0.15, 0.2) is 0 Å². The molecule has 1 aromatic rings. The van der Waals surface area contributed by atoms with Crippen molar-refractivity contribution in [3.05, 3.63) is 18.3 Å². The van der Waals surface area contributed by atoms with Crippen LogP contribution >= 0.6 is 0 Å². The maximum absolute atomic E-state index is 8.72. The van der Waals surface area contributed by atoms with Crippen LogP contribution in [-0.4, -0.2) is 33.9 Å². The minimum atomic E-state index is -3.49. The third-order valence-electron chi connectivity index (χ3n) is 1.39. The van der Waals surface area contributed by atoms with E-state index in [1.54, 1.807) is 0 Å². The number of ether oxygens (including phenoxy) is 1. The number of aromatic nitrogens is 1. The smallest absolute Gasteiger partial charge is 0.555 e. The van der Waals surface area contributed by atoms with Crippen molar-refractivity contribution in [2.45, 2.75) is 0 Å². The van der Waals surface area contributed by atoms with Gasteiger partial charge < -0.3 is 19.8 Å². The van der Waals surface area contributed by atoms with Crippen molar-refractivity contribution in [3.63, 3.8) is 0 Å². The first-order valence-electron chi connectivity index (χ1n) is 3.36. The van der Waals surface area contributed by atoms with Crippen molar-refractivity contribution in [1.29, 1.82) is 0 Å². The number of hydrogen-bond donors (Lipinski definition) is 3. The second-order valence-corrected chi connectivity index (χ2v) is 2.36. The van der Waals surface area contributed by atoms with Gasteiger partial charge in [0.05, 0.1) is 13.3 Å². The van der Waals surface area contributed by atoms with Gasteiger partial charge in [-0.1, -0.05) is 6.07 Å². The Bertz CT molecular complexity index is 260. The van der Waals surface area contributed by atoms with E-state index in [4.69, 9.17) is 19.8 Å². The molecule has 1 heterocycles. The van der Waals surface area contributed by atoms with E-state index in [0.717, 1.165) is 0 Å². The first-order valence-corrected chi connectivity index (χ1v) is 3.36. The van der Waals surface area contributed by atoms with E-state index in [1.807, 2.05) is 0 Å². The zero-order valence-corrected chi connectivity index (χ0v) is 7.51. The van der Waals surface area contributed by atoms with Crippen molar-refractivity contribution in [3.8, 4) is 5.75 Å². The summed E-state index contributed by atoms with van der Waals surface area (Å²) in [5, 5.41) is 26.2. The Morgan fingerprint density at radius 1 is 1.31 bits per heavy atom. The van der Waals surface area contributed by atoms with Crippen molar-refractivity contribution in [1.82, 2.24) is 4.98 Å². The van der Waals surface area contributed by atoms with E-state index in [1.165, 1.54) is 25.4 Å². The van der Waals surface area contributed by atoms with Crippen molar-refractivity contribution in [2.75, 3.05) is 7.11 Å². The average molecular weight is 177 g/mol. The molecule has 0 saturated heterocycles. The maximum atomic E-state index is 8.72. The van der Waals surface area contributed by atoms with E-state index < -0.39 is 6.75 Å². The Morgan fingerprint density at radius 2 is 1.92 bits per heavy atom. The number of pyridine rings is 1. The van der Waals surface area contributed by atoms with Crippen LogP contribution in [0.3, 0.4) is 0 Å². The Morgan fingerprint density at radius 3 is 2.23 bits per heavy atom. The quantitative estimate of drug-likeness (QED) is 0.395.